The van der Waals surface area contributed by atoms with E-state index in [-0.39, 0.29) is 82.1 Å². The summed E-state index contributed by atoms with van der Waals surface area (Å²) >= 11 is 0. The van der Waals surface area contributed by atoms with Gasteiger partial charge in [-0.25, -0.2) is 11.8 Å². The van der Waals surface area contributed by atoms with Crippen LogP contribution in [0.25, 0.3) is 0 Å². The van der Waals surface area contributed by atoms with E-state index in [0.29, 0.717) is 72.0 Å². The van der Waals surface area contributed by atoms with E-state index >= 15 is 0 Å². The fourth-order valence-electron chi connectivity index (χ4n) is 18.2. The van der Waals surface area contributed by atoms with E-state index < -0.39 is 11.2 Å². The Morgan fingerprint density at radius 3 is 1.35 bits per heavy atom. The Hall–Kier alpha value is -1.42. The molecule has 0 aromatic carbocycles. The van der Waals surface area contributed by atoms with E-state index in [0.717, 1.165) is 103 Å². The van der Waals surface area contributed by atoms with Crippen molar-refractivity contribution >= 4 is 11.9 Å². The first-order valence-electron chi connectivity index (χ1n) is 27.5. The normalized spacial score (nSPS) is 46.6. The van der Waals surface area contributed by atoms with E-state index in [1.54, 1.807) is 0 Å². The zero-order valence-corrected chi connectivity index (χ0v) is 45.0. The smallest absolute Gasteiger partial charge is 0.306 e. The Morgan fingerprint density at radius 1 is 0.565 bits per heavy atom. The summed E-state index contributed by atoms with van der Waals surface area (Å²) < 4.78 is 11.0. The van der Waals surface area contributed by atoms with Crippen molar-refractivity contribution in [3.63, 3.8) is 0 Å². The highest BCUT2D eigenvalue weighted by Crippen LogP contribution is 2.70. The van der Waals surface area contributed by atoms with Gasteiger partial charge in [0.15, 0.2) is 0 Å². The number of hydrogen-bond donors (Lipinski definition) is 8. The molecule has 0 heterocycles. The van der Waals surface area contributed by atoms with Crippen molar-refractivity contribution in [2.24, 2.45) is 104 Å². The van der Waals surface area contributed by atoms with Gasteiger partial charge in [0, 0.05) is 12.8 Å². The summed E-state index contributed by atoms with van der Waals surface area (Å²) in [5, 5.41) is 63.0. The van der Waals surface area contributed by atoms with Gasteiger partial charge in [0.1, 0.15) is 11.2 Å². The Bertz CT molecular complexity index is 1740. The molecule has 0 saturated heterocycles. The highest BCUT2D eigenvalue weighted by Gasteiger charge is 2.67. The van der Waals surface area contributed by atoms with Crippen molar-refractivity contribution in [3.8, 4) is 0 Å². The molecule has 8 saturated carbocycles. The van der Waals surface area contributed by atoms with Crippen molar-refractivity contribution in [1.29, 1.82) is 0 Å². The molecule has 0 amide bonds. The first-order chi connectivity index (χ1) is 32.1. The lowest BCUT2D eigenvalue weighted by Crippen LogP contribution is -2.62. The summed E-state index contributed by atoms with van der Waals surface area (Å²) in [5.41, 5.74) is -1.12. The molecule has 69 heavy (non-hydrogen) atoms. The average Bonchev–Trinajstić information content (AvgIpc) is 3.81. The van der Waals surface area contributed by atoms with Gasteiger partial charge in [-0.2, -0.15) is 0 Å². The maximum atomic E-state index is 12.3. The second-order valence-corrected chi connectivity index (χ2v) is 27.4. The number of ether oxygens (including phenoxy) is 2. The minimum Gasteiger partial charge on any atom is -0.460 e. The Balaban J connectivity index is 0.000000219. The molecule has 0 aromatic rings. The van der Waals surface area contributed by atoms with Crippen molar-refractivity contribution in [3.05, 3.63) is 0 Å². The van der Waals surface area contributed by atoms with Gasteiger partial charge >= 0.3 is 11.9 Å². The van der Waals surface area contributed by atoms with E-state index in [2.05, 4.69) is 47.4 Å². The van der Waals surface area contributed by atoms with E-state index in [9.17, 15) is 35.1 Å². The molecule has 0 spiro atoms. The fraction of sp³-hybridized carbons (Fsp3) is 0.964. The number of fused-ring (bicyclic) bond motifs is 10. The first kappa shape index (κ1) is 56.9. The molecule has 0 radical (unpaired) electrons. The lowest BCUT2D eigenvalue weighted by atomic mass is 9.43. The van der Waals surface area contributed by atoms with Crippen LogP contribution in [-0.4, -0.2) is 90.5 Å². The second-order valence-electron chi connectivity index (χ2n) is 27.4. The molecular formula is C56H100N2O11. The number of esters is 2. The van der Waals surface area contributed by atoms with Gasteiger partial charge in [-0.1, -0.05) is 41.5 Å². The lowest BCUT2D eigenvalue weighted by Gasteiger charge is -2.63. The maximum Gasteiger partial charge on any atom is 0.306 e. The summed E-state index contributed by atoms with van der Waals surface area (Å²) in [7, 11) is 0. The Kier molecular flexibility index (Phi) is 17.7. The summed E-state index contributed by atoms with van der Waals surface area (Å²) in [4.78, 5) is 29.8. The number of carbonyl (C=O) groups excluding carboxylic acids is 2. The Morgan fingerprint density at radius 2 is 0.957 bits per heavy atom. The molecule has 0 aromatic heterocycles. The number of hydrogen-bond acceptors (Lipinski definition) is 13. The van der Waals surface area contributed by atoms with Crippen LogP contribution >= 0.6 is 0 Å². The summed E-state index contributed by atoms with van der Waals surface area (Å²) in [5.74, 6) is 12.6. The van der Waals surface area contributed by atoms with Gasteiger partial charge in [0.25, 0.3) is 0 Å². The average molecular weight is 977 g/mol. The largest absolute Gasteiger partial charge is 0.460 e. The van der Waals surface area contributed by atoms with Gasteiger partial charge in [-0.15, -0.1) is 0 Å². The van der Waals surface area contributed by atoms with Crippen LogP contribution in [0.4, 0.5) is 0 Å². The summed E-state index contributed by atoms with van der Waals surface area (Å²) in [6.45, 7) is 25.2. The molecule has 400 valence electrons. The van der Waals surface area contributed by atoms with Gasteiger partial charge in [-0.3, -0.25) is 9.59 Å². The van der Waals surface area contributed by atoms with E-state index in [4.69, 9.17) is 25.4 Å². The van der Waals surface area contributed by atoms with E-state index in [1.165, 1.54) is 0 Å². The molecule has 10 N–H and O–H groups in total. The third-order valence-corrected chi connectivity index (χ3v) is 21.7. The van der Waals surface area contributed by atoms with E-state index in [1.807, 2.05) is 41.5 Å². The number of aliphatic hydroxyl groups excluding tert-OH is 5. The molecule has 22 atom stereocenters. The van der Waals surface area contributed by atoms with Crippen LogP contribution in [-0.2, 0) is 23.9 Å². The predicted octanol–water partition coefficient (Wildman–Crippen LogP) is 8.64. The molecule has 8 fully saturated rings. The minimum atomic E-state index is -0.459. The topological polar surface area (TPSA) is 235 Å². The van der Waals surface area contributed by atoms with Crippen molar-refractivity contribution in [2.45, 2.75) is 246 Å². The van der Waals surface area contributed by atoms with Gasteiger partial charge < -0.3 is 45.1 Å². The quantitative estimate of drug-likeness (QED) is 0.0799. The van der Waals surface area contributed by atoms with Crippen LogP contribution in [0.15, 0.2) is 0 Å². The van der Waals surface area contributed by atoms with Crippen LogP contribution in [0, 0.1) is 92.7 Å². The zero-order valence-electron chi connectivity index (χ0n) is 45.0. The van der Waals surface area contributed by atoms with Gasteiger partial charge in [0.2, 0.25) is 0 Å². The maximum absolute atomic E-state index is 12.3. The highest BCUT2D eigenvalue weighted by molar-refractivity contribution is 5.70. The van der Waals surface area contributed by atoms with Crippen LogP contribution in [0.3, 0.4) is 0 Å². The monoisotopic (exact) mass is 977 g/mol. The first-order valence-corrected chi connectivity index (χ1v) is 27.5. The lowest BCUT2D eigenvalue weighted by molar-refractivity contribution is -0.209. The highest BCUT2D eigenvalue weighted by atomic mass is 16.6. The molecule has 13 heteroatoms. The van der Waals surface area contributed by atoms with Crippen LogP contribution < -0.4 is 11.8 Å². The molecule has 8 aliphatic carbocycles. The van der Waals surface area contributed by atoms with Crippen molar-refractivity contribution < 1.29 is 54.6 Å². The molecule has 0 bridgehead atoms. The summed E-state index contributed by atoms with van der Waals surface area (Å²) in [6.07, 6.45) is 13.8. The molecule has 13 nitrogen and oxygen atoms in total. The molecule has 0 aliphatic heterocycles. The number of carbonyl (C=O) groups is 2. The molecule has 2 unspecified atom stereocenters. The standard InChI is InChI=1S/C28H49NO5.C28H48O5.H3NO/c1-16(7-10-24(32)33-26(2,3)4)19-8-9-20-25-21(15-23(31)28(19,20)6)27(5)12-11-18(34-29)13-17(27)14-22(25)30;1-16(7-10-24(32)33-26(2,3)4)19-8-9-20-25-21(15-23(31)28(19,20)6)27(5)12-11-18(29)13-17(27)14-22(25)30;1-2/h16-23,25,30-31H,7-15,29H2,1-6H3;16-23,25,29-31H,7-15H2,1-6H3;2H,1H2/t16-,17+,18+,19-,20?,21+,22-,23+,25+,27+,28-;16-,17+,18-,19-,20?,21+,22-,23+,25+,27+,28-;/m11./s1. The van der Waals surface area contributed by atoms with Crippen LogP contribution in [0.1, 0.15) is 199 Å². The van der Waals surface area contributed by atoms with Gasteiger partial charge in [-0.05, 0) is 237 Å². The third kappa shape index (κ3) is 11.0. The molecule has 8 aliphatic rings. The Labute approximate surface area is 416 Å². The van der Waals surface area contributed by atoms with Crippen LogP contribution in [0.5, 0.6) is 0 Å². The SMILES string of the molecule is C[C@H](CCC(=O)OC(C)(C)C)[C@H]1CCC2[C@@H]3[C@H](O)C[C@@H]4C[C@@H](ON)CC[C@]4(C)[C@H]3C[C@H](O)[C@@]21C.C[C@H](CCC(=O)OC(C)(C)C)[C@H]1CCC2[C@@H]3[C@H](O)C[C@@H]4C[C@H](O)CC[C@]4(C)[C@H]3C[C@H](O)[C@@]21C.NO. The summed E-state index contributed by atoms with van der Waals surface area (Å²) in [6, 6.07) is 0. The van der Waals surface area contributed by atoms with Crippen molar-refractivity contribution in [2.75, 3.05) is 0 Å². The molecule has 8 rings (SSSR count). The molecular weight excluding hydrogens is 877 g/mol. The predicted molar refractivity (Wildman–Crippen MR) is 266 cm³/mol. The second kappa shape index (κ2) is 21.4. The van der Waals surface area contributed by atoms with Crippen molar-refractivity contribution in [1.82, 2.24) is 0 Å². The minimum absolute atomic E-state index is 0.0855. The number of nitrogens with two attached hydrogens (primary N) is 2. The zero-order chi connectivity index (χ0) is 51.4. The van der Waals surface area contributed by atoms with Gasteiger partial charge in [0.05, 0.1) is 36.6 Å². The van der Waals surface area contributed by atoms with Crippen LogP contribution in [0.2, 0.25) is 0 Å². The number of aliphatic hydroxyl groups is 5. The third-order valence-electron chi connectivity index (χ3n) is 21.7. The number of rotatable bonds is 9. The fourth-order valence-corrected chi connectivity index (χ4v) is 18.2.